The van der Waals surface area contributed by atoms with Crippen molar-refractivity contribution in [1.82, 2.24) is 4.90 Å². The number of benzene rings is 3. The second kappa shape index (κ2) is 10.7. The number of hydrogen-bond donors (Lipinski definition) is 2. The first-order valence-corrected chi connectivity index (χ1v) is 11.3. The van der Waals surface area contributed by atoms with Crippen molar-refractivity contribution < 1.29 is 19.1 Å². The number of nitrogens with one attached hydrogen (secondary N) is 1. The molecule has 1 heterocycles. The summed E-state index contributed by atoms with van der Waals surface area (Å²) in [6.45, 7) is 1.72. The summed E-state index contributed by atoms with van der Waals surface area (Å²) in [6.07, 6.45) is 3.20. The summed E-state index contributed by atoms with van der Waals surface area (Å²) in [7, 11) is 0. The molecule has 3 N–H and O–H groups in total. The summed E-state index contributed by atoms with van der Waals surface area (Å²) in [5, 5.41) is 2.87. The lowest BCUT2D eigenvalue weighted by molar-refractivity contribution is 0.0724. The van der Waals surface area contributed by atoms with E-state index in [-0.39, 0.29) is 18.4 Å². The minimum atomic E-state index is -0.565. The van der Waals surface area contributed by atoms with Crippen LogP contribution in [-0.2, 0) is 6.61 Å². The van der Waals surface area contributed by atoms with Crippen LogP contribution in [-0.4, -0.2) is 35.7 Å². The summed E-state index contributed by atoms with van der Waals surface area (Å²) in [5.41, 5.74) is 8.04. The highest BCUT2D eigenvalue weighted by Crippen LogP contribution is 2.20. The summed E-state index contributed by atoms with van der Waals surface area (Å²) < 4.78 is 5.76. The number of likely N-dealkylation sites (tertiary alicyclic amines) is 1. The zero-order chi connectivity index (χ0) is 23.9. The summed E-state index contributed by atoms with van der Waals surface area (Å²) in [5.74, 6) is -0.474. The number of primary amides is 1. The Morgan fingerprint density at radius 2 is 1.59 bits per heavy atom. The van der Waals surface area contributed by atoms with Gasteiger partial charge in [-0.15, -0.1) is 0 Å². The van der Waals surface area contributed by atoms with Gasteiger partial charge >= 0.3 is 0 Å². The number of nitrogens with zero attached hydrogens (tertiary/aromatic N) is 1. The molecule has 0 aliphatic carbocycles. The topological polar surface area (TPSA) is 102 Å². The van der Waals surface area contributed by atoms with E-state index in [1.807, 2.05) is 11.0 Å². The minimum Gasteiger partial charge on any atom is -0.488 e. The molecule has 3 aromatic rings. The van der Waals surface area contributed by atoms with Crippen LogP contribution in [0.5, 0.6) is 5.75 Å². The first-order chi connectivity index (χ1) is 16.5. The first kappa shape index (κ1) is 23.0. The van der Waals surface area contributed by atoms with Crippen molar-refractivity contribution in [3.8, 4) is 5.75 Å². The quantitative estimate of drug-likeness (QED) is 0.554. The van der Waals surface area contributed by atoms with E-state index in [2.05, 4.69) is 5.32 Å². The fourth-order valence-corrected chi connectivity index (χ4v) is 3.97. The Bertz CT molecular complexity index is 1200. The van der Waals surface area contributed by atoms with Crippen LogP contribution in [0.1, 0.15) is 55.9 Å². The minimum absolute atomic E-state index is 0.00816. The van der Waals surface area contributed by atoms with Crippen molar-refractivity contribution in [3.05, 3.63) is 95.1 Å². The molecule has 0 atom stereocenters. The molecule has 174 valence electrons. The third-order valence-electron chi connectivity index (χ3n) is 5.75. The van der Waals surface area contributed by atoms with E-state index in [4.69, 9.17) is 10.5 Å². The normalized spacial score (nSPS) is 13.2. The molecule has 1 fully saturated rings. The zero-order valence-electron chi connectivity index (χ0n) is 18.8. The number of amides is 3. The van der Waals surface area contributed by atoms with Gasteiger partial charge in [0.2, 0.25) is 0 Å². The van der Waals surface area contributed by atoms with Crippen LogP contribution < -0.4 is 15.8 Å². The van der Waals surface area contributed by atoms with Crippen LogP contribution in [0.4, 0.5) is 5.69 Å². The third-order valence-corrected chi connectivity index (χ3v) is 5.75. The second-order valence-corrected chi connectivity index (χ2v) is 8.24. The van der Waals surface area contributed by atoms with Crippen molar-refractivity contribution in [2.75, 3.05) is 18.4 Å². The number of carbonyl (C=O) groups excluding carboxylic acids is 3. The van der Waals surface area contributed by atoms with Gasteiger partial charge in [-0.1, -0.05) is 30.3 Å². The Balaban J connectivity index is 1.42. The van der Waals surface area contributed by atoms with Crippen molar-refractivity contribution in [3.63, 3.8) is 0 Å². The molecule has 3 aromatic carbocycles. The number of nitrogens with two attached hydrogens (primary N) is 1. The monoisotopic (exact) mass is 457 g/mol. The molecular formula is C27H27N3O4. The maximum Gasteiger partial charge on any atom is 0.255 e. The fraction of sp³-hybridized carbons (Fsp3) is 0.222. The number of para-hydroxylation sites is 1. The summed E-state index contributed by atoms with van der Waals surface area (Å²) >= 11 is 0. The van der Waals surface area contributed by atoms with E-state index < -0.39 is 5.91 Å². The molecule has 1 aliphatic heterocycles. The van der Waals surface area contributed by atoms with Gasteiger partial charge in [-0.2, -0.15) is 0 Å². The molecule has 4 rings (SSSR count). The predicted octanol–water partition coefficient (Wildman–Crippen LogP) is 4.24. The average molecular weight is 458 g/mol. The molecule has 3 amide bonds. The van der Waals surface area contributed by atoms with Crippen LogP contribution in [0.15, 0.2) is 72.8 Å². The van der Waals surface area contributed by atoms with Gasteiger partial charge in [0.25, 0.3) is 17.7 Å². The van der Waals surface area contributed by atoms with Crippen molar-refractivity contribution in [2.24, 2.45) is 5.73 Å². The van der Waals surface area contributed by atoms with Crippen LogP contribution in [0, 0.1) is 0 Å². The van der Waals surface area contributed by atoms with Gasteiger partial charge in [0.15, 0.2) is 0 Å². The molecule has 0 unspecified atom stereocenters. The summed E-state index contributed by atoms with van der Waals surface area (Å²) in [6, 6.07) is 20.8. The second-order valence-electron chi connectivity index (χ2n) is 8.24. The van der Waals surface area contributed by atoms with E-state index >= 15 is 0 Å². The number of anilines is 1. The third kappa shape index (κ3) is 5.61. The molecule has 0 spiro atoms. The SMILES string of the molecule is NC(=O)c1ccccc1OCc1cccc(C(=O)Nc2cccc(C(=O)N3CCCCC3)c2)c1. The predicted molar refractivity (Wildman–Crippen MR) is 130 cm³/mol. The molecule has 7 nitrogen and oxygen atoms in total. The Morgan fingerprint density at radius 3 is 2.38 bits per heavy atom. The van der Waals surface area contributed by atoms with E-state index in [1.54, 1.807) is 66.7 Å². The van der Waals surface area contributed by atoms with Gasteiger partial charge in [0, 0.05) is 29.9 Å². The van der Waals surface area contributed by atoms with E-state index in [9.17, 15) is 14.4 Å². The van der Waals surface area contributed by atoms with Crippen molar-refractivity contribution >= 4 is 23.4 Å². The molecule has 1 saturated heterocycles. The number of carbonyl (C=O) groups is 3. The van der Waals surface area contributed by atoms with Gasteiger partial charge in [-0.3, -0.25) is 14.4 Å². The Morgan fingerprint density at radius 1 is 0.853 bits per heavy atom. The van der Waals surface area contributed by atoms with Crippen LogP contribution in [0.25, 0.3) is 0 Å². The molecule has 0 bridgehead atoms. The fourth-order valence-electron chi connectivity index (χ4n) is 3.97. The standard InChI is InChI=1S/C27H27N3O4/c28-25(31)23-12-2-3-13-24(23)34-18-19-8-6-9-20(16-19)26(32)29-22-11-7-10-21(17-22)27(33)30-14-4-1-5-15-30/h2-3,6-13,16-17H,1,4-5,14-15,18H2,(H2,28,31)(H,29,32). The van der Waals surface area contributed by atoms with Gasteiger partial charge in [-0.05, 0) is 67.3 Å². The summed E-state index contributed by atoms with van der Waals surface area (Å²) in [4.78, 5) is 39.1. The molecule has 7 heteroatoms. The smallest absolute Gasteiger partial charge is 0.255 e. The Kier molecular flexibility index (Phi) is 7.22. The van der Waals surface area contributed by atoms with E-state index in [1.165, 1.54) is 0 Å². The lowest BCUT2D eigenvalue weighted by Crippen LogP contribution is -2.35. The lowest BCUT2D eigenvalue weighted by Gasteiger charge is -2.26. The zero-order valence-corrected chi connectivity index (χ0v) is 18.8. The van der Waals surface area contributed by atoms with Crippen LogP contribution in [0.2, 0.25) is 0 Å². The number of ether oxygens (including phenoxy) is 1. The molecular weight excluding hydrogens is 430 g/mol. The number of hydrogen-bond acceptors (Lipinski definition) is 4. The molecule has 34 heavy (non-hydrogen) atoms. The largest absolute Gasteiger partial charge is 0.488 e. The Hall–Kier alpha value is -4.13. The van der Waals surface area contributed by atoms with Crippen LogP contribution >= 0.6 is 0 Å². The first-order valence-electron chi connectivity index (χ1n) is 11.3. The lowest BCUT2D eigenvalue weighted by atomic mass is 10.1. The highest BCUT2D eigenvalue weighted by Gasteiger charge is 2.18. The van der Waals surface area contributed by atoms with Gasteiger partial charge in [-0.25, -0.2) is 0 Å². The number of piperidine rings is 1. The molecule has 1 aliphatic rings. The number of rotatable bonds is 7. The molecule has 0 aromatic heterocycles. The highest BCUT2D eigenvalue weighted by molar-refractivity contribution is 6.05. The maximum atomic E-state index is 12.9. The van der Waals surface area contributed by atoms with Gasteiger partial charge < -0.3 is 20.7 Å². The van der Waals surface area contributed by atoms with E-state index in [0.29, 0.717) is 28.1 Å². The van der Waals surface area contributed by atoms with Crippen LogP contribution in [0.3, 0.4) is 0 Å². The average Bonchev–Trinajstić information content (AvgIpc) is 2.88. The Labute approximate surface area is 198 Å². The molecule has 0 saturated carbocycles. The maximum absolute atomic E-state index is 12.9. The van der Waals surface area contributed by atoms with E-state index in [0.717, 1.165) is 37.9 Å². The van der Waals surface area contributed by atoms with Crippen molar-refractivity contribution in [1.29, 1.82) is 0 Å². The highest BCUT2D eigenvalue weighted by atomic mass is 16.5. The van der Waals surface area contributed by atoms with Gasteiger partial charge in [0.1, 0.15) is 12.4 Å². The molecule has 0 radical (unpaired) electrons. The van der Waals surface area contributed by atoms with Crippen molar-refractivity contribution in [2.45, 2.75) is 25.9 Å². The van der Waals surface area contributed by atoms with Gasteiger partial charge in [0.05, 0.1) is 5.56 Å².